The van der Waals surface area contributed by atoms with E-state index in [4.69, 9.17) is 5.73 Å². The summed E-state index contributed by atoms with van der Waals surface area (Å²) in [6, 6.07) is 4.60. The summed E-state index contributed by atoms with van der Waals surface area (Å²) in [5.41, 5.74) is 6.66. The molecule has 0 aliphatic carbocycles. The molecule has 1 aliphatic rings. The molecule has 6 nitrogen and oxygen atoms in total. The molecule has 0 bridgehead atoms. The van der Waals surface area contributed by atoms with Gasteiger partial charge in [0.15, 0.2) is 0 Å². The van der Waals surface area contributed by atoms with Crippen LogP contribution in [0, 0.1) is 23.0 Å². The van der Waals surface area contributed by atoms with Crippen LogP contribution in [0.15, 0.2) is 18.2 Å². The smallest absolute Gasteiger partial charge is 0.282 e. The van der Waals surface area contributed by atoms with E-state index in [0.29, 0.717) is 24.6 Å². The molecular weight excluding hydrogens is 258 g/mol. The summed E-state index contributed by atoms with van der Waals surface area (Å²) in [7, 11) is 0. The van der Waals surface area contributed by atoms with Gasteiger partial charge in [-0.2, -0.15) is 0 Å². The first kappa shape index (κ1) is 14.5. The van der Waals surface area contributed by atoms with Crippen LogP contribution in [0.2, 0.25) is 0 Å². The molecule has 2 unspecified atom stereocenters. The Morgan fingerprint density at radius 1 is 1.50 bits per heavy atom. The highest BCUT2D eigenvalue weighted by Crippen LogP contribution is 2.25. The fourth-order valence-corrected chi connectivity index (χ4v) is 2.52. The van der Waals surface area contributed by atoms with Crippen LogP contribution in [0.3, 0.4) is 0 Å². The zero-order valence-electron chi connectivity index (χ0n) is 11.7. The fourth-order valence-electron chi connectivity index (χ4n) is 2.52. The topological polar surface area (TPSA) is 89.5 Å². The van der Waals surface area contributed by atoms with Gasteiger partial charge in [-0.1, -0.05) is 19.1 Å². The Morgan fingerprint density at radius 2 is 2.20 bits per heavy atom. The van der Waals surface area contributed by atoms with Crippen molar-refractivity contribution in [1.82, 2.24) is 4.90 Å². The van der Waals surface area contributed by atoms with Gasteiger partial charge in [-0.05, 0) is 24.8 Å². The van der Waals surface area contributed by atoms with E-state index in [9.17, 15) is 14.9 Å². The largest absolute Gasteiger partial charge is 0.337 e. The molecule has 0 spiro atoms. The number of benzene rings is 1. The normalized spacial score (nSPS) is 22.6. The highest BCUT2D eigenvalue weighted by molar-refractivity contribution is 5.99. The maximum atomic E-state index is 12.6. The van der Waals surface area contributed by atoms with Crippen LogP contribution in [-0.2, 0) is 0 Å². The van der Waals surface area contributed by atoms with Gasteiger partial charge in [-0.15, -0.1) is 0 Å². The van der Waals surface area contributed by atoms with Crippen molar-refractivity contribution in [2.75, 3.05) is 13.1 Å². The number of carbonyl (C=O) groups is 1. The molecule has 1 aromatic rings. The molecule has 1 aliphatic heterocycles. The first-order valence-electron chi connectivity index (χ1n) is 6.70. The van der Waals surface area contributed by atoms with E-state index in [0.717, 1.165) is 6.42 Å². The molecule has 0 radical (unpaired) electrons. The molecule has 0 saturated carbocycles. The Bertz CT molecular complexity index is 544. The Balaban J connectivity index is 2.32. The van der Waals surface area contributed by atoms with Crippen LogP contribution < -0.4 is 5.73 Å². The predicted molar refractivity (Wildman–Crippen MR) is 75.5 cm³/mol. The molecule has 1 saturated heterocycles. The predicted octanol–water partition coefficient (Wildman–Crippen LogP) is 1.71. The van der Waals surface area contributed by atoms with E-state index in [1.807, 2.05) is 0 Å². The summed E-state index contributed by atoms with van der Waals surface area (Å²) in [6.07, 6.45) is 0.826. The molecule has 1 aromatic carbocycles. The van der Waals surface area contributed by atoms with Gasteiger partial charge < -0.3 is 10.6 Å². The summed E-state index contributed by atoms with van der Waals surface area (Å²) in [4.78, 5) is 24.8. The van der Waals surface area contributed by atoms with Gasteiger partial charge in [-0.3, -0.25) is 14.9 Å². The zero-order chi connectivity index (χ0) is 14.9. The minimum atomic E-state index is -0.507. The van der Waals surface area contributed by atoms with Gasteiger partial charge >= 0.3 is 0 Å². The molecule has 1 fully saturated rings. The average molecular weight is 277 g/mol. The maximum Gasteiger partial charge on any atom is 0.282 e. The van der Waals surface area contributed by atoms with Crippen LogP contribution in [-0.4, -0.2) is 34.9 Å². The summed E-state index contributed by atoms with van der Waals surface area (Å²) in [6.45, 7) is 4.82. The Morgan fingerprint density at radius 3 is 2.80 bits per heavy atom. The lowest BCUT2D eigenvalue weighted by atomic mass is 9.93. The first-order valence-corrected chi connectivity index (χ1v) is 6.70. The van der Waals surface area contributed by atoms with Crippen LogP contribution in [0.25, 0.3) is 0 Å². The van der Waals surface area contributed by atoms with Gasteiger partial charge in [0.1, 0.15) is 5.56 Å². The quantitative estimate of drug-likeness (QED) is 0.658. The number of likely N-dealkylation sites (tertiary alicyclic amines) is 1. The molecular formula is C14H19N3O3. The van der Waals surface area contributed by atoms with Gasteiger partial charge in [0.05, 0.1) is 4.92 Å². The standard InChI is InChI=1S/C14H19N3O3/c1-9-6-7-16(8-11(9)15)14(18)13-10(2)4-3-5-12(13)17(19)20/h3-5,9,11H,6-8,15H2,1-2H3. The zero-order valence-corrected chi connectivity index (χ0v) is 11.7. The summed E-state index contributed by atoms with van der Waals surface area (Å²) in [5.74, 6) is 0.0723. The lowest BCUT2D eigenvalue weighted by molar-refractivity contribution is -0.385. The monoisotopic (exact) mass is 277 g/mol. The summed E-state index contributed by atoms with van der Waals surface area (Å²) >= 11 is 0. The maximum absolute atomic E-state index is 12.6. The molecule has 1 heterocycles. The van der Waals surface area contributed by atoms with Crippen molar-refractivity contribution in [3.05, 3.63) is 39.4 Å². The Kier molecular flexibility index (Phi) is 4.04. The number of amides is 1. The molecule has 2 rings (SSSR count). The van der Waals surface area contributed by atoms with Crippen molar-refractivity contribution in [2.45, 2.75) is 26.3 Å². The Hall–Kier alpha value is -1.95. The van der Waals surface area contributed by atoms with Crippen molar-refractivity contribution >= 4 is 11.6 Å². The number of nitrogens with two attached hydrogens (primary N) is 1. The molecule has 6 heteroatoms. The highest BCUT2D eigenvalue weighted by atomic mass is 16.6. The fraction of sp³-hybridized carbons (Fsp3) is 0.500. The molecule has 2 N–H and O–H groups in total. The molecule has 108 valence electrons. The SMILES string of the molecule is Cc1cccc([N+](=O)[O-])c1C(=O)N1CCC(C)C(N)C1. The summed E-state index contributed by atoms with van der Waals surface area (Å²) in [5, 5.41) is 11.1. The highest BCUT2D eigenvalue weighted by Gasteiger charge is 2.31. The number of nitro groups is 1. The first-order chi connectivity index (χ1) is 9.41. The minimum absolute atomic E-state index is 0.0734. The van der Waals surface area contributed by atoms with Gasteiger partial charge in [0, 0.05) is 25.2 Å². The van der Waals surface area contributed by atoms with Crippen molar-refractivity contribution in [2.24, 2.45) is 11.7 Å². The molecule has 1 amide bonds. The van der Waals surface area contributed by atoms with Gasteiger partial charge in [0.2, 0.25) is 0 Å². The number of piperidine rings is 1. The van der Waals surface area contributed by atoms with Gasteiger partial charge in [-0.25, -0.2) is 0 Å². The van der Waals surface area contributed by atoms with Gasteiger partial charge in [0.25, 0.3) is 11.6 Å². The lowest BCUT2D eigenvalue weighted by Gasteiger charge is -2.35. The third kappa shape index (κ3) is 2.65. The Labute approximate surface area is 117 Å². The third-order valence-electron chi connectivity index (χ3n) is 3.97. The van der Waals surface area contributed by atoms with E-state index in [1.165, 1.54) is 6.07 Å². The van der Waals surface area contributed by atoms with Crippen LogP contribution in [0.4, 0.5) is 5.69 Å². The van der Waals surface area contributed by atoms with E-state index in [-0.39, 0.29) is 23.2 Å². The second-order valence-electron chi connectivity index (χ2n) is 5.41. The molecule has 2 atom stereocenters. The van der Waals surface area contributed by atoms with E-state index in [1.54, 1.807) is 24.0 Å². The number of nitrogens with zero attached hydrogens (tertiary/aromatic N) is 2. The van der Waals surface area contributed by atoms with Crippen LogP contribution in [0.5, 0.6) is 0 Å². The summed E-state index contributed by atoms with van der Waals surface area (Å²) < 4.78 is 0. The number of aryl methyl sites for hydroxylation is 1. The van der Waals surface area contributed by atoms with E-state index in [2.05, 4.69) is 6.92 Å². The van der Waals surface area contributed by atoms with Crippen molar-refractivity contribution in [1.29, 1.82) is 0 Å². The minimum Gasteiger partial charge on any atom is -0.337 e. The second-order valence-corrected chi connectivity index (χ2v) is 5.41. The molecule has 20 heavy (non-hydrogen) atoms. The third-order valence-corrected chi connectivity index (χ3v) is 3.97. The lowest BCUT2D eigenvalue weighted by Crippen LogP contribution is -2.49. The number of hydrogen-bond donors (Lipinski definition) is 1. The van der Waals surface area contributed by atoms with E-state index < -0.39 is 4.92 Å². The van der Waals surface area contributed by atoms with Crippen LogP contribution >= 0.6 is 0 Å². The van der Waals surface area contributed by atoms with Crippen molar-refractivity contribution in [3.63, 3.8) is 0 Å². The van der Waals surface area contributed by atoms with E-state index >= 15 is 0 Å². The molecule has 0 aromatic heterocycles. The number of rotatable bonds is 2. The van der Waals surface area contributed by atoms with Crippen molar-refractivity contribution in [3.8, 4) is 0 Å². The van der Waals surface area contributed by atoms with Crippen LogP contribution in [0.1, 0.15) is 29.3 Å². The second kappa shape index (κ2) is 5.58. The number of hydrogen-bond acceptors (Lipinski definition) is 4. The number of nitro benzene ring substituents is 1. The number of carbonyl (C=O) groups excluding carboxylic acids is 1. The average Bonchev–Trinajstić information content (AvgIpc) is 2.40. The van der Waals surface area contributed by atoms with Crippen molar-refractivity contribution < 1.29 is 9.72 Å².